The molecule has 3 heteroatoms. The zero-order chi connectivity index (χ0) is 20.0. The molecule has 0 aliphatic heterocycles. The van der Waals surface area contributed by atoms with E-state index in [2.05, 4.69) is 49.4 Å². The monoisotopic (exact) mass is 381 g/mol. The molecule has 0 amide bonds. The van der Waals surface area contributed by atoms with Gasteiger partial charge >= 0.3 is 0 Å². The molecule has 3 aromatic rings. The third-order valence-corrected chi connectivity index (χ3v) is 6.44. The number of fused-ring (bicyclic) bond motifs is 5. The molecule has 0 radical (unpaired) electrons. The van der Waals surface area contributed by atoms with Crippen molar-refractivity contribution in [2.24, 2.45) is 0 Å². The first-order valence-electron chi connectivity index (χ1n) is 10.3. The van der Waals surface area contributed by atoms with Crippen LogP contribution in [0, 0.1) is 10.1 Å². The molecule has 3 nitrogen and oxygen atoms in total. The molecule has 0 heterocycles. The predicted molar refractivity (Wildman–Crippen MR) is 117 cm³/mol. The molecule has 1 unspecified atom stereocenters. The lowest BCUT2D eigenvalue weighted by Gasteiger charge is -2.25. The van der Waals surface area contributed by atoms with Crippen molar-refractivity contribution >= 4 is 17.3 Å². The van der Waals surface area contributed by atoms with Crippen molar-refractivity contribution in [3.63, 3.8) is 0 Å². The Morgan fingerprint density at radius 3 is 2.59 bits per heavy atom. The highest BCUT2D eigenvalue weighted by Gasteiger charge is 2.21. The second-order valence-corrected chi connectivity index (χ2v) is 8.20. The van der Waals surface area contributed by atoms with Crippen LogP contribution in [-0.2, 0) is 12.8 Å². The summed E-state index contributed by atoms with van der Waals surface area (Å²) in [6.45, 7) is 2.32. The van der Waals surface area contributed by atoms with E-state index >= 15 is 0 Å². The number of rotatable bonds is 3. The van der Waals surface area contributed by atoms with Crippen molar-refractivity contribution in [1.29, 1.82) is 0 Å². The molecule has 5 rings (SSSR count). The van der Waals surface area contributed by atoms with Crippen LogP contribution in [0.1, 0.15) is 42.4 Å². The summed E-state index contributed by atoms with van der Waals surface area (Å²) in [6.07, 6.45) is 6.45. The lowest BCUT2D eigenvalue weighted by atomic mass is 9.79. The fourth-order valence-corrected chi connectivity index (χ4v) is 4.89. The van der Waals surface area contributed by atoms with Gasteiger partial charge in [0.05, 0.1) is 4.92 Å². The Kier molecular flexibility index (Phi) is 4.31. The van der Waals surface area contributed by atoms with Crippen LogP contribution < -0.4 is 10.4 Å². The van der Waals surface area contributed by atoms with Gasteiger partial charge in [-0.15, -0.1) is 0 Å². The summed E-state index contributed by atoms with van der Waals surface area (Å²) in [5.41, 5.74) is 8.27. The van der Waals surface area contributed by atoms with E-state index in [1.54, 1.807) is 12.1 Å². The molecule has 2 aliphatic carbocycles. The largest absolute Gasteiger partial charge is 0.269 e. The molecule has 0 N–H and O–H groups in total. The van der Waals surface area contributed by atoms with E-state index in [1.165, 1.54) is 38.3 Å². The maximum Gasteiger partial charge on any atom is 0.269 e. The van der Waals surface area contributed by atoms with Gasteiger partial charge in [-0.05, 0) is 69.9 Å². The van der Waals surface area contributed by atoms with Crippen molar-refractivity contribution in [2.45, 2.75) is 38.5 Å². The topological polar surface area (TPSA) is 43.1 Å². The Labute approximate surface area is 170 Å². The Bertz CT molecular complexity index is 1240. The molecular weight excluding hydrogens is 358 g/mol. The van der Waals surface area contributed by atoms with Crippen LogP contribution in [0.4, 0.5) is 5.69 Å². The third kappa shape index (κ3) is 3.07. The van der Waals surface area contributed by atoms with Crippen LogP contribution in [0.3, 0.4) is 0 Å². The number of nitro groups is 1. The van der Waals surface area contributed by atoms with E-state index < -0.39 is 0 Å². The first kappa shape index (κ1) is 17.9. The maximum atomic E-state index is 11.0. The number of non-ortho nitro benzene ring substituents is 1. The standard InChI is InChI=1S/C26H23NO2/c1-17-6-9-20(16-18-7-11-21(12-8-18)27(28)29)26-22(17)14-15-24-23-5-3-2-4-19(23)10-13-25(24)26/h2-5,7-8,11-15,17H,6,9-10,16H2,1H3. The van der Waals surface area contributed by atoms with Crippen molar-refractivity contribution in [3.8, 4) is 11.1 Å². The molecule has 0 fully saturated rings. The average molecular weight is 381 g/mol. The van der Waals surface area contributed by atoms with Crippen LogP contribution in [0.2, 0.25) is 0 Å². The van der Waals surface area contributed by atoms with E-state index in [1.807, 2.05) is 12.1 Å². The molecule has 1 atom stereocenters. The van der Waals surface area contributed by atoms with Gasteiger partial charge in [0.1, 0.15) is 0 Å². The van der Waals surface area contributed by atoms with Crippen LogP contribution in [0.15, 0.2) is 60.7 Å². The second kappa shape index (κ2) is 7.00. The number of hydrogen-bond donors (Lipinski definition) is 0. The van der Waals surface area contributed by atoms with Gasteiger partial charge in [0, 0.05) is 12.1 Å². The van der Waals surface area contributed by atoms with Gasteiger partial charge in [0.15, 0.2) is 0 Å². The molecule has 0 saturated carbocycles. The Hall–Kier alpha value is -3.20. The smallest absolute Gasteiger partial charge is 0.258 e. The highest BCUT2D eigenvalue weighted by molar-refractivity contribution is 5.75. The van der Waals surface area contributed by atoms with Gasteiger partial charge in [-0.2, -0.15) is 0 Å². The summed E-state index contributed by atoms with van der Waals surface area (Å²) < 4.78 is 0. The first-order chi connectivity index (χ1) is 14.1. The molecular formula is C26H23NO2. The summed E-state index contributed by atoms with van der Waals surface area (Å²) in [7, 11) is 0. The lowest BCUT2D eigenvalue weighted by Crippen LogP contribution is -2.37. The number of nitrogens with zero attached hydrogens (tertiary/aromatic N) is 1. The van der Waals surface area contributed by atoms with Crippen LogP contribution in [0.25, 0.3) is 22.8 Å². The van der Waals surface area contributed by atoms with Crippen molar-refractivity contribution < 1.29 is 4.92 Å². The molecule has 3 aromatic carbocycles. The maximum absolute atomic E-state index is 11.0. The fourth-order valence-electron chi connectivity index (χ4n) is 4.89. The molecule has 2 aliphatic rings. The molecule has 0 saturated heterocycles. The number of benzene rings is 3. The first-order valence-corrected chi connectivity index (χ1v) is 10.3. The average Bonchev–Trinajstić information content (AvgIpc) is 2.75. The normalized spacial score (nSPS) is 17.0. The molecule has 29 heavy (non-hydrogen) atoms. The lowest BCUT2D eigenvalue weighted by molar-refractivity contribution is -0.384. The second-order valence-electron chi connectivity index (χ2n) is 8.20. The Balaban J connectivity index is 1.68. The zero-order valence-electron chi connectivity index (χ0n) is 16.5. The predicted octanol–water partition coefficient (Wildman–Crippen LogP) is 4.89. The van der Waals surface area contributed by atoms with E-state index in [-0.39, 0.29) is 10.6 Å². The van der Waals surface area contributed by atoms with Gasteiger partial charge < -0.3 is 0 Å². The number of nitro benzene ring substituents is 1. The third-order valence-electron chi connectivity index (χ3n) is 6.44. The summed E-state index contributed by atoms with van der Waals surface area (Å²) >= 11 is 0. The van der Waals surface area contributed by atoms with Crippen LogP contribution >= 0.6 is 0 Å². The van der Waals surface area contributed by atoms with Crippen molar-refractivity contribution in [3.05, 3.63) is 97.9 Å². The van der Waals surface area contributed by atoms with Crippen molar-refractivity contribution in [1.82, 2.24) is 0 Å². The van der Waals surface area contributed by atoms with Crippen molar-refractivity contribution in [2.75, 3.05) is 0 Å². The van der Waals surface area contributed by atoms with Crippen LogP contribution in [-0.4, -0.2) is 4.92 Å². The highest BCUT2D eigenvalue weighted by atomic mass is 16.6. The Morgan fingerprint density at radius 2 is 1.79 bits per heavy atom. The molecule has 0 spiro atoms. The summed E-state index contributed by atoms with van der Waals surface area (Å²) in [5.74, 6) is 0.557. The van der Waals surface area contributed by atoms with E-state index in [4.69, 9.17) is 0 Å². The molecule has 144 valence electrons. The zero-order valence-corrected chi connectivity index (χ0v) is 16.5. The minimum Gasteiger partial charge on any atom is -0.258 e. The van der Waals surface area contributed by atoms with E-state index in [0.717, 1.165) is 31.2 Å². The fraction of sp³-hybridized carbons (Fsp3) is 0.231. The minimum absolute atomic E-state index is 0.152. The minimum atomic E-state index is -0.336. The van der Waals surface area contributed by atoms with Crippen LogP contribution in [0.5, 0.6) is 0 Å². The SMILES string of the molecule is CC1CCC(Cc2ccc([N+](=O)[O-])cc2)=c2c1ccc1c2=CCc2ccccc2-1. The highest BCUT2D eigenvalue weighted by Crippen LogP contribution is 2.30. The Morgan fingerprint density at radius 1 is 1.00 bits per heavy atom. The van der Waals surface area contributed by atoms with Gasteiger partial charge in [0.25, 0.3) is 5.69 Å². The number of hydrogen-bond acceptors (Lipinski definition) is 2. The van der Waals surface area contributed by atoms with Gasteiger partial charge in [0.2, 0.25) is 0 Å². The summed E-state index contributed by atoms with van der Waals surface area (Å²) in [4.78, 5) is 10.6. The molecule has 0 aromatic heterocycles. The quantitative estimate of drug-likeness (QED) is 0.479. The van der Waals surface area contributed by atoms with Gasteiger partial charge in [-0.1, -0.05) is 67.1 Å². The summed E-state index contributed by atoms with van der Waals surface area (Å²) in [6, 6.07) is 20.3. The van der Waals surface area contributed by atoms with Gasteiger partial charge in [-0.25, -0.2) is 0 Å². The van der Waals surface area contributed by atoms with E-state index in [9.17, 15) is 10.1 Å². The molecule has 0 bridgehead atoms. The van der Waals surface area contributed by atoms with E-state index in [0.29, 0.717) is 5.92 Å². The van der Waals surface area contributed by atoms with Gasteiger partial charge in [-0.3, -0.25) is 10.1 Å². The summed E-state index contributed by atoms with van der Waals surface area (Å²) in [5, 5.41) is 13.8.